The molecule has 0 aliphatic rings. The maximum atomic E-state index is 5.77. The molecule has 0 spiro atoms. The Morgan fingerprint density at radius 2 is 2.00 bits per heavy atom. The number of rotatable bonds is 13. The van der Waals surface area contributed by atoms with Gasteiger partial charge in [0.15, 0.2) is 0 Å². The van der Waals surface area contributed by atoms with Gasteiger partial charge in [-0.2, -0.15) is 0 Å². The van der Waals surface area contributed by atoms with E-state index < -0.39 is 0 Å². The fourth-order valence-electron chi connectivity index (χ4n) is 3.07. The smallest absolute Gasteiger partial charge is 0.0544 e. The van der Waals surface area contributed by atoms with E-state index in [0.29, 0.717) is 0 Å². The molecule has 0 aliphatic carbocycles. The van der Waals surface area contributed by atoms with Gasteiger partial charge in [-0.25, -0.2) is 0 Å². The second-order valence-electron chi connectivity index (χ2n) is 7.13. The Kier molecular flexibility index (Phi) is 10.3. The van der Waals surface area contributed by atoms with E-state index in [2.05, 4.69) is 46.9 Å². The quantitative estimate of drug-likeness (QED) is 0.353. The number of nitrogens with zero attached hydrogens (tertiary/aromatic N) is 2. The van der Waals surface area contributed by atoms with Gasteiger partial charge in [-0.1, -0.05) is 55.9 Å². The molecule has 29 heavy (non-hydrogen) atoms. The number of pyridine rings is 1. The lowest BCUT2D eigenvalue weighted by atomic mass is 10.1. The first kappa shape index (κ1) is 22.4. The molecule has 0 atom stereocenters. The Balaban J connectivity index is 2.03. The number of hydrogen-bond acceptors (Lipinski definition) is 4. The summed E-state index contributed by atoms with van der Waals surface area (Å²) in [6.45, 7) is 9.55. The summed E-state index contributed by atoms with van der Waals surface area (Å²) in [5.41, 5.74) is 10.2. The third-order valence-electron chi connectivity index (χ3n) is 4.64. The molecule has 4 nitrogen and oxygen atoms in total. The van der Waals surface area contributed by atoms with Crippen LogP contribution in [0.1, 0.15) is 31.9 Å². The molecular weight excluding hydrogens is 356 g/mol. The molecule has 3 N–H and O–H groups in total. The van der Waals surface area contributed by atoms with Gasteiger partial charge in [-0.05, 0) is 49.2 Å². The molecule has 2 aromatic rings. The van der Waals surface area contributed by atoms with E-state index in [0.717, 1.165) is 49.7 Å². The van der Waals surface area contributed by atoms with Crippen LogP contribution in [-0.4, -0.2) is 29.5 Å². The van der Waals surface area contributed by atoms with E-state index >= 15 is 0 Å². The van der Waals surface area contributed by atoms with E-state index in [9.17, 15) is 0 Å². The van der Waals surface area contributed by atoms with Crippen molar-refractivity contribution in [3.63, 3.8) is 0 Å². The summed E-state index contributed by atoms with van der Waals surface area (Å²) in [7, 11) is 0. The van der Waals surface area contributed by atoms with Crippen LogP contribution in [0.4, 0.5) is 11.4 Å². The van der Waals surface area contributed by atoms with Crippen molar-refractivity contribution >= 4 is 11.4 Å². The molecule has 0 bridgehead atoms. The number of benzene rings is 1. The first-order valence-electron chi connectivity index (χ1n) is 10.4. The van der Waals surface area contributed by atoms with Crippen LogP contribution in [0.2, 0.25) is 0 Å². The number of nitrogens with one attached hydrogen (secondary N) is 1. The lowest BCUT2D eigenvalue weighted by Crippen LogP contribution is -2.31. The topological polar surface area (TPSA) is 54.2 Å². The molecule has 0 unspecified atom stereocenters. The van der Waals surface area contributed by atoms with Crippen LogP contribution in [-0.2, 0) is 6.54 Å². The monoisotopic (exact) mass is 390 g/mol. The SMILES string of the molecule is C=C/C=C\C=C(/CCCC)CN(CCNc1ccc(N)cc1)Cc1ccccn1. The van der Waals surface area contributed by atoms with Crippen molar-refractivity contribution in [3.8, 4) is 0 Å². The highest BCUT2D eigenvalue weighted by atomic mass is 15.1. The van der Waals surface area contributed by atoms with Crippen LogP contribution in [0, 0.1) is 0 Å². The number of aromatic nitrogens is 1. The molecule has 0 radical (unpaired) electrons. The van der Waals surface area contributed by atoms with E-state index in [1.807, 2.05) is 54.7 Å². The maximum absolute atomic E-state index is 5.77. The summed E-state index contributed by atoms with van der Waals surface area (Å²) in [4.78, 5) is 6.97. The van der Waals surface area contributed by atoms with Crippen molar-refractivity contribution in [2.24, 2.45) is 0 Å². The Hall–Kier alpha value is -2.85. The van der Waals surface area contributed by atoms with Gasteiger partial charge in [0.1, 0.15) is 0 Å². The van der Waals surface area contributed by atoms with Gasteiger partial charge >= 0.3 is 0 Å². The largest absolute Gasteiger partial charge is 0.399 e. The van der Waals surface area contributed by atoms with Crippen molar-refractivity contribution < 1.29 is 0 Å². The lowest BCUT2D eigenvalue weighted by molar-refractivity contribution is 0.292. The molecule has 0 saturated heterocycles. The Morgan fingerprint density at radius 3 is 2.69 bits per heavy atom. The zero-order chi connectivity index (χ0) is 20.7. The van der Waals surface area contributed by atoms with Crippen LogP contribution in [0.15, 0.2) is 85.1 Å². The second kappa shape index (κ2) is 13.3. The van der Waals surface area contributed by atoms with Crippen LogP contribution in [0.5, 0.6) is 0 Å². The van der Waals surface area contributed by atoms with Gasteiger partial charge in [0.2, 0.25) is 0 Å². The molecule has 1 aromatic carbocycles. The lowest BCUT2D eigenvalue weighted by Gasteiger charge is -2.24. The maximum Gasteiger partial charge on any atom is 0.0544 e. The number of nitrogen functional groups attached to an aromatic ring is 1. The summed E-state index contributed by atoms with van der Waals surface area (Å²) in [6.07, 6.45) is 13.5. The van der Waals surface area contributed by atoms with Crippen LogP contribution < -0.4 is 11.1 Å². The highest BCUT2D eigenvalue weighted by Gasteiger charge is 2.09. The molecule has 1 aromatic heterocycles. The molecule has 154 valence electrons. The number of anilines is 2. The number of allylic oxidation sites excluding steroid dienone is 4. The van der Waals surface area contributed by atoms with Crippen LogP contribution >= 0.6 is 0 Å². The van der Waals surface area contributed by atoms with Gasteiger partial charge < -0.3 is 11.1 Å². The highest BCUT2D eigenvalue weighted by Crippen LogP contribution is 2.13. The normalized spacial score (nSPS) is 11.9. The summed E-state index contributed by atoms with van der Waals surface area (Å²) >= 11 is 0. The predicted molar refractivity (Wildman–Crippen MR) is 126 cm³/mol. The van der Waals surface area contributed by atoms with Gasteiger partial charge in [-0.3, -0.25) is 9.88 Å². The fourth-order valence-corrected chi connectivity index (χ4v) is 3.07. The number of hydrogen-bond donors (Lipinski definition) is 2. The summed E-state index contributed by atoms with van der Waals surface area (Å²) in [5.74, 6) is 0. The third-order valence-corrected chi connectivity index (χ3v) is 4.64. The first-order chi connectivity index (χ1) is 14.2. The summed E-state index contributed by atoms with van der Waals surface area (Å²) in [5, 5.41) is 3.49. The van der Waals surface area contributed by atoms with Crippen molar-refractivity contribution in [2.75, 3.05) is 30.7 Å². The number of unbranched alkanes of at least 4 members (excludes halogenated alkanes) is 1. The zero-order valence-electron chi connectivity index (χ0n) is 17.6. The van der Waals surface area contributed by atoms with Crippen molar-refractivity contribution in [1.82, 2.24) is 9.88 Å². The van der Waals surface area contributed by atoms with Crippen molar-refractivity contribution in [3.05, 3.63) is 90.8 Å². The van der Waals surface area contributed by atoms with Crippen LogP contribution in [0.3, 0.4) is 0 Å². The third kappa shape index (κ3) is 9.26. The Bertz CT molecular complexity index is 763. The fraction of sp³-hybridized carbons (Fsp3) is 0.320. The van der Waals surface area contributed by atoms with E-state index in [1.165, 1.54) is 18.4 Å². The predicted octanol–water partition coefficient (Wildman–Crippen LogP) is 5.44. The zero-order valence-corrected chi connectivity index (χ0v) is 17.6. The Labute approximate surface area is 175 Å². The highest BCUT2D eigenvalue weighted by molar-refractivity contribution is 5.51. The molecule has 0 aliphatic heterocycles. The van der Waals surface area contributed by atoms with Gasteiger partial charge in [0, 0.05) is 43.8 Å². The van der Waals surface area contributed by atoms with Crippen LogP contribution in [0.25, 0.3) is 0 Å². The molecule has 0 fully saturated rings. The standard InChI is InChI=1S/C25H34N4/c1-3-5-7-11-22(10-6-4-2)20-29(21-25-12-8-9-17-27-25)19-18-28-24-15-13-23(26)14-16-24/h3,5,7-9,11-17,28H,1,4,6,10,18-21,26H2,2H3/b7-5-,22-11+. The van der Waals surface area contributed by atoms with Gasteiger partial charge in [0.05, 0.1) is 5.69 Å². The summed E-state index contributed by atoms with van der Waals surface area (Å²) in [6, 6.07) is 14.0. The van der Waals surface area contributed by atoms with Gasteiger partial charge in [0.25, 0.3) is 0 Å². The van der Waals surface area contributed by atoms with Crippen molar-refractivity contribution in [2.45, 2.75) is 32.7 Å². The summed E-state index contributed by atoms with van der Waals surface area (Å²) < 4.78 is 0. The second-order valence-corrected chi connectivity index (χ2v) is 7.13. The molecule has 1 heterocycles. The average Bonchev–Trinajstić information content (AvgIpc) is 2.74. The molecule has 0 amide bonds. The minimum atomic E-state index is 0.783. The number of nitrogens with two attached hydrogens (primary N) is 1. The molecule has 2 rings (SSSR count). The first-order valence-corrected chi connectivity index (χ1v) is 10.4. The Morgan fingerprint density at radius 1 is 1.17 bits per heavy atom. The van der Waals surface area contributed by atoms with Crippen molar-refractivity contribution in [1.29, 1.82) is 0 Å². The minimum absolute atomic E-state index is 0.783. The average molecular weight is 391 g/mol. The minimum Gasteiger partial charge on any atom is -0.399 e. The van der Waals surface area contributed by atoms with E-state index in [4.69, 9.17) is 5.73 Å². The van der Waals surface area contributed by atoms with E-state index in [1.54, 1.807) is 0 Å². The molecule has 0 saturated carbocycles. The van der Waals surface area contributed by atoms with Gasteiger partial charge in [-0.15, -0.1) is 0 Å². The molecular formula is C25H34N4. The van der Waals surface area contributed by atoms with E-state index in [-0.39, 0.29) is 0 Å². The molecule has 4 heteroatoms.